The van der Waals surface area contributed by atoms with Crippen molar-refractivity contribution in [3.63, 3.8) is 0 Å². The lowest BCUT2D eigenvalue weighted by Crippen LogP contribution is -2.25. The van der Waals surface area contributed by atoms with Crippen molar-refractivity contribution < 1.29 is 9.47 Å². The molecule has 0 spiro atoms. The van der Waals surface area contributed by atoms with E-state index in [2.05, 4.69) is 40.3 Å². The van der Waals surface area contributed by atoms with E-state index < -0.39 is 0 Å². The highest BCUT2D eigenvalue weighted by atomic mass is 79.9. The summed E-state index contributed by atoms with van der Waals surface area (Å²) in [5.74, 6) is 0.901. The molecule has 0 aromatic heterocycles. The average Bonchev–Trinajstić information content (AvgIpc) is 2.48. The monoisotopic (exact) mass is 341 g/mol. The molecule has 20 heavy (non-hydrogen) atoms. The summed E-state index contributed by atoms with van der Waals surface area (Å²) in [5.41, 5.74) is 1.27. The van der Waals surface area contributed by atoms with Gasteiger partial charge in [-0.3, -0.25) is 0 Å². The van der Waals surface area contributed by atoms with Crippen LogP contribution in [0.15, 0.2) is 22.7 Å². The first-order valence-electron chi connectivity index (χ1n) is 7.53. The molecule has 0 radical (unpaired) electrons. The Kier molecular flexibility index (Phi) is 6.83. The van der Waals surface area contributed by atoms with Gasteiger partial charge in [0.25, 0.3) is 0 Å². The molecule has 112 valence electrons. The van der Waals surface area contributed by atoms with Crippen LogP contribution in [0.1, 0.15) is 38.2 Å². The van der Waals surface area contributed by atoms with Crippen molar-refractivity contribution in [1.29, 1.82) is 0 Å². The number of hydrogen-bond donors (Lipinski definition) is 1. The van der Waals surface area contributed by atoms with Crippen LogP contribution in [0.2, 0.25) is 0 Å². The Hall–Kier alpha value is -0.580. The average molecular weight is 342 g/mol. The van der Waals surface area contributed by atoms with Crippen LogP contribution in [-0.4, -0.2) is 25.9 Å². The summed E-state index contributed by atoms with van der Waals surface area (Å²) in [7, 11) is 0. The van der Waals surface area contributed by atoms with Gasteiger partial charge >= 0.3 is 0 Å². The molecule has 1 aliphatic heterocycles. The summed E-state index contributed by atoms with van der Waals surface area (Å²) < 4.78 is 12.6. The second kappa shape index (κ2) is 8.65. The summed E-state index contributed by atoms with van der Waals surface area (Å²) in [4.78, 5) is 0. The predicted octanol–water partition coefficient (Wildman–Crippen LogP) is 3.90. The van der Waals surface area contributed by atoms with Crippen molar-refractivity contribution in [2.24, 2.45) is 0 Å². The first-order valence-corrected chi connectivity index (χ1v) is 8.32. The minimum absolute atomic E-state index is 0.251. The van der Waals surface area contributed by atoms with E-state index in [0.29, 0.717) is 6.61 Å². The molecule has 2 rings (SSSR count). The standard InChI is InChI=1S/C16H24BrNO2/c1-2-8-18-11-13-6-7-16(15(17)10-13)20-12-14-5-3-4-9-19-14/h6-7,10,14,18H,2-5,8-9,11-12H2,1H3. The maximum Gasteiger partial charge on any atom is 0.133 e. The van der Waals surface area contributed by atoms with Crippen LogP contribution < -0.4 is 10.1 Å². The van der Waals surface area contributed by atoms with Gasteiger partial charge in [0.15, 0.2) is 0 Å². The van der Waals surface area contributed by atoms with E-state index in [0.717, 1.165) is 42.8 Å². The van der Waals surface area contributed by atoms with Gasteiger partial charge in [0, 0.05) is 13.2 Å². The van der Waals surface area contributed by atoms with Gasteiger partial charge in [0.2, 0.25) is 0 Å². The third kappa shape index (κ3) is 5.08. The number of hydrogen-bond acceptors (Lipinski definition) is 3. The van der Waals surface area contributed by atoms with Crippen LogP contribution in [-0.2, 0) is 11.3 Å². The highest BCUT2D eigenvalue weighted by Crippen LogP contribution is 2.27. The van der Waals surface area contributed by atoms with Crippen LogP contribution in [0.3, 0.4) is 0 Å². The lowest BCUT2D eigenvalue weighted by atomic mass is 10.1. The normalized spacial score (nSPS) is 19.0. The molecule has 1 aromatic rings. The summed E-state index contributed by atoms with van der Waals surface area (Å²) in [6.07, 6.45) is 4.94. The predicted molar refractivity (Wildman–Crippen MR) is 85.2 cm³/mol. The molecule has 3 nitrogen and oxygen atoms in total. The zero-order valence-corrected chi connectivity index (χ0v) is 13.7. The highest BCUT2D eigenvalue weighted by Gasteiger charge is 2.15. The van der Waals surface area contributed by atoms with Gasteiger partial charge in [-0.2, -0.15) is 0 Å². The van der Waals surface area contributed by atoms with Gasteiger partial charge < -0.3 is 14.8 Å². The van der Waals surface area contributed by atoms with Gasteiger partial charge in [-0.15, -0.1) is 0 Å². The molecule has 1 atom stereocenters. The number of nitrogens with one attached hydrogen (secondary N) is 1. The van der Waals surface area contributed by atoms with Gasteiger partial charge in [-0.1, -0.05) is 13.0 Å². The maximum atomic E-state index is 5.86. The molecular weight excluding hydrogens is 318 g/mol. The molecule has 1 N–H and O–H groups in total. The van der Waals surface area contributed by atoms with Crippen molar-refractivity contribution in [1.82, 2.24) is 5.32 Å². The summed E-state index contributed by atoms with van der Waals surface area (Å²) in [6, 6.07) is 6.28. The molecule has 1 heterocycles. The number of rotatable bonds is 7. The molecule has 1 aromatic carbocycles. The zero-order valence-electron chi connectivity index (χ0n) is 12.2. The van der Waals surface area contributed by atoms with E-state index in [1.54, 1.807) is 0 Å². The van der Waals surface area contributed by atoms with E-state index in [-0.39, 0.29) is 6.10 Å². The Bertz CT molecular complexity index is 405. The van der Waals surface area contributed by atoms with Gasteiger partial charge in [0.05, 0.1) is 10.6 Å². The van der Waals surface area contributed by atoms with Crippen molar-refractivity contribution in [2.45, 2.75) is 45.3 Å². The fourth-order valence-corrected chi connectivity index (χ4v) is 2.84. The lowest BCUT2D eigenvalue weighted by molar-refractivity contribution is -0.0112. The van der Waals surface area contributed by atoms with E-state index in [4.69, 9.17) is 9.47 Å². The van der Waals surface area contributed by atoms with Crippen molar-refractivity contribution in [2.75, 3.05) is 19.8 Å². The summed E-state index contributed by atoms with van der Waals surface area (Å²) in [5, 5.41) is 3.40. The van der Waals surface area contributed by atoms with E-state index in [9.17, 15) is 0 Å². The minimum Gasteiger partial charge on any atom is -0.490 e. The first-order chi connectivity index (χ1) is 9.79. The van der Waals surface area contributed by atoms with E-state index in [1.165, 1.54) is 18.4 Å². The third-order valence-corrected chi connectivity index (χ3v) is 4.07. The Morgan fingerprint density at radius 1 is 1.40 bits per heavy atom. The second-order valence-electron chi connectivity index (χ2n) is 5.24. The zero-order chi connectivity index (χ0) is 14.2. The van der Waals surface area contributed by atoms with E-state index in [1.807, 2.05) is 6.07 Å². The fraction of sp³-hybridized carbons (Fsp3) is 0.625. The molecule has 0 amide bonds. The van der Waals surface area contributed by atoms with E-state index >= 15 is 0 Å². The molecule has 1 saturated heterocycles. The minimum atomic E-state index is 0.251. The van der Waals surface area contributed by atoms with Crippen LogP contribution in [0.4, 0.5) is 0 Å². The molecule has 1 unspecified atom stereocenters. The van der Waals surface area contributed by atoms with Crippen LogP contribution in [0.25, 0.3) is 0 Å². The Morgan fingerprint density at radius 2 is 2.30 bits per heavy atom. The molecule has 1 aliphatic rings. The molecule has 0 saturated carbocycles. The van der Waals surface area contributed by atoms with Crippen LogP contribution >= 0.6 is 15.9 Å². The smallest absolute Gasteiger partial charge is 0.133 e. The molecule has 0 bridgehead atoms. The Balaban J connectivity index is 1.82. The van der Waals surface area contributed by atoms with Crippen molar-refractivity contribution in [3.8, 4) is 5.75 Å². The van der Waals surface area contributed by atoms with Gasteiger partial charge in [0.1, 0.15) is 12.4 Å². The first kappa shape index (κ1) is 15.8. The van der Waals surface area contributed by atoms with Crippen molar-refractivity contribution in [3.05, 3.63) is 28.2 Å². The topological polar surface area (TPSA) is 30.5 Å². The molecule has 0 aliphatic carbocycles. The Labute approximate surface area is 130 Å². The summed E-state index contributed by atoms with van der Waals surface area (Å²) >= 11 is 3.59. The quantitative estimate of drug-likeness (QED) is 0.763. The summed E-state index contributed by atoms with van der Waals surface area (Å²) in [6.45, 7) is 5.64. The maximum absolute atomic E-state index is 5.86. The third-order valence-electron chi connectivity index (χ3n) is 3.45. The molecular formula is C16H24BrNO2. The second-order valence-corrected chi connectivity index (χ2v) is 6.10. The number of halogens is 1. The van der Waals surface area contributed by atoms with Gasteiger partial charge in [-0.05, 0) is 65.9 Å². The molecule has 1 fully saturated rings. The van der Waals surface area contributed by atoms with Crippen LogP contribution in [0.5, 0.6) is 5.75 Å². The van der Waals surface area contributed by atoms with Crippen LogP contribution in [0, 0.1) is 0 Å². The fourth-order valence-electron chi connectivity index (χ4n) is 2.30. The Morgan fingerprint density at radius 3 is 3.00 bits per heavy atom. The molecule has 4 heteroatoms. The van der Waals surface area contributed by atoms with Gasteiger partial charge in [-0.25, -0.2) is 0 Å². The number of benzene rings is 1. The SMILES string of the molecule is CCCNCc1ccc(OCC2CCCCO2)c(Br)c1. The van der Waals surface area contributed by atoms with Crippen molar-refractivity contribution >= 4 is 15.9 Å². The largest absolute Gasteiger partial charge is 0.490 e. The highest BCUT2D eigenvalue weighted by molar-refractivity contribution is 9.10. The lowest BCUT2D eigenvalue weighted by Gasteiger charge is -2.23. The number of ether oxygens (including phenoxy) is 2.